The summed E-state index contributed by atoms with van der Waals surface area (Å²) in [7, 11) is 0. The largest absolute Gasteiger partial charge is 0.506 e. The summed E-state index contributed by atoms with van der Waals surface area (Å²) in [6, 6.07) is 13.2. The van der Waals surface area contributed by atoms with Crippen molar-refractivity contribution in [1.82, 2.24) is 24.6 Å². The number of aromatic hydroxyl groups is 1. The molecule has 63 heavy (non-hydrogen) atoms. The van der Waals surface area contributed by atoms with Crippen molar-refractivity contribution in [2.75, 3.05) is 42.3 Å². The second-order valence-electron chi connectivity index (χ2n) is 16.6. The Bertz CT molecular complexity index is 2800. The zero-order valence-corrected chi connectivity index (χ0v) is 36.3. The fourth-order valence-corrected chi connectivity index (χ4v) is 7.70. The molecule has 7 rings (SSSR count). The lowest BCUT2D eigenvalue weighted by atomic mass is 10.0. The van der Waals surface area contributed by atoms with Gasteiger partial charge < -0.3 is 45.5 Å². The van der Waals surface area contributed by atoms with Crippen molar-refractivity contribution >= 4 is 50.8 Å². The molecule has 3 aromatic heterocycles. The number of benzene rings is 2. The van der Waals surface area contributed by atoms with Crippen LogP contribution in [0.5, 0.6) is 5.75 Å². The van der Waals surface area contributed by atoms with Crippen LogP contribution in [0.25, 0.3) is 21.9 Å². The van der Waals surface area contributed by atoms with Crippen LogP contribution in [0, 0.1) is 11.8 Å². The van der Waals surface area contributed by atoms with Gasteiger partial charge in [0.15, 0.2) is 5.65 Å². The van der Waals surface area contributed by atoms with Gasteiger partial charge in [0.25, 0.3) is 10.9 Å². The van der Waals surface area contributed by atoms with Gasteiger partial charge in [0.05, 0.1) is 35.4 Å². The predicted octanol–water partition coefficient (Wildman–Crippen LogP) is 6.21. The van der Waals surface area contributed by atoms with Crippen molar-refractivity contribution in [2.24, 2.45) is 0 Å². The number of fused-ring (bicyclic) bond motifs is 2. The molecule has 6 aromatic rings. The molecular formula is C47H54N8O8. The zero-order valence-electron chi connectivity index (χ0n) is 36.3. The van der Waals surface area contributed by atoms with E-state index in [2.05, 4.69) is 37.9 Å². The number of nitrogens with one attached hydrogen (secondary N) is 4. The summed E-state index contributed by atoms with van der Waals surface area (Å²) in [5, 5.41) is 37.6. The summed E-state index contributed by atoms with van der Waals surface area (Å²) in [5.74, 6) is 6.14. The standard InChI is InChI=1S/C47H54N8O8/c1-6-35-33(39(50-30-20-23-62-24-21-30)34-26-49-55(7-2)45(34)52-35)25-48-41-42(44(60)43(41)59)51-29-14-12-28(13-15-29)11-9-8-10-22-54(46(61)63-47(3,4)5)27-37(57)31-16-18-36(56)40-32(31)17-19-38(58)53-40/h12-19,26,30,37,48,51,56-57H,6-8,10,20-25,27H2,1-5H3,(H,50,52)(H,53,58)/t37-/m0/s1. The Labute approximate surface area is 364 Å². The van der Waals surface area contributed by atoms with E-state index in [1.807, 2.05) is 36.9 Å². The Morgan fingerprint density at radius 2 is 1.76 bits per heavy atom. The quantitative estimate of drug-likeness (QED) is 0.0386. The maximum Gasteiger partial charge on any atom is 0.410 e. The Kier molecular flexibility index (Phi) is 13.5. The number of pyridine rings is 2. The molecule has 1 amide bonds. The number of aliphatic hydroxyl groups excluding tert-OH is 1. The number of anilines is 4. The highest BCUT2D eigenvalue weighted by Gasteiger charge is 2.27. The summed E-state index contributed by atoms with van der Waals surface area (Å²) < 4.78 is 13.1. The molecule has 0 aliphatic carbocycles. The van der Waals surface area contributed by atoms with Gasteiger partial charge in [-0.2, -0.15) is 5.10 Å². The third kappa shape index (κ3) is 10.2. The summed E-state index contributed by atoms with van der Waals surface area (Å²) in [6.07, 6.45) is 3.42. The molecule has 4 heterocycles. The molecular weight excluding hydrogens is 805 g/mol. The molecule has 16 heteroatoms. The average Bonchev–Trinajstić information content (AvgIpc) is 3.69. The van der Waals surface area contributed by atoms with Gasteiger partial charge in [-0.15, -0.1) is 0 Å². The normalized spacial score (nSPS) is 13.7. The highest BCUT2D eigenvalue weighted by molar-refractivity contribution is 5.92. The zero-order chi connectivity index (χ0) is 44.8. The fraction of sp³-hybridized carbons (Fsp3) is 0.404. The van der Waals surface area contributed by atoms with Crippen molar-refractivity contribution in [3.05, 3.63) is 108 Å². The Morgan fingerprint density at radius 1 is 1.02 bits per heavy atom. The van der Waals surface area contributed by atoms with Crippen LogP contribution < -0.4 is 32.4 Å². The molecule has 330 valence electrons. The molecule has 1 aliphatic rings. The lowest BCUT2D eigenvalue weighted by Gasteiger charge is -2.29. The van der Waals surface area contributed by atoms with Crippen LogP contribution in [0.2, 0.25) is 0 Å². The maximum absolute atomic E-state index is 13.2. The van der Waals surface area contributed by atoms with Crippen LogP contribution in [-0.2, 0) is 29.0 Å². The molecule has 6 N–H and O–H groups in total. The number of phenols is 1. The van der Waals surface area contributed by atoms with Crippen LogP contribution in [-0.4, -0.2) is 78.9 Å². The van der Waals surface area contributed by atoms with Gasteiger partial charge in [-0.1, -0.05) is 24.8 Å². The number of unbranched alkanes of at least 4 members (excludes halogenated alkanes) is 1. The van der Waals surface area contributed by atoms with Crippen molar-refractivity contribution < 1.29 is 24.5 Å². The molecule has 1 saturated heterocycles. The van der Waals surface area contributed by atoms with Gasteiger partial charge >= 0.3 is 6.09 Å². The number of H-pyrrole nitrogens is 1. The number of amides is 1. The van der Waals surface area contributed by atoms with E-state index in [1.165, 1.54) is 23.1 Å². The SMILES string of the molecule is CCc1nc2c(cnn2CC)c(NC2CCOCC2)c1CNc1c(Nc2ccc(C#CCCCN(C[C@H](O)c3ccc(O)c4[nH]c(=O)ccc34)C(=O)OC(C)(C)C)cc2)c(=O)c1=O. The Morgan fingerprint density at radius 3 is 2.48 bits per heavy atom. The highest BCUT2D eigenvalue weighted by atomic mass is 16.6. The van der Waals surface area contributed by atoms with E-state index in [4.69, 9.17) is 14.5 Å². The Hall–Kier alpha value is -6.70. The summed E-state index contributed by atoms with van der Waals surface area (Å²) in [6.45, 7) is 11.8. The molecule has 0 saturated carbocycles. The van der Waals surface area contributed by atoms with Crippen molar-refractivity contribution in [3.8, 4) is 17.6 Å². The average molecular weight is 859 g/mol. The minimum Gasteiger partial charge on any atom is -0.506 e. The molecule has 0 radical (unpaired) electrons. The first kappa shape index (κ1) is 44.4. The van der Waals surface area contributed by atoms with Gasteiger partial charge in [0.2, 0.25) is 5.56 Å². The molecule has 1 fully saturated rings. The molecule has 0 spiro atoms. The third-order valence-corrected chi connectivity index (χ3v) is 11.0. The number of hydrogen-bond donors (Lipinski definition) is 6. The summed E-state index contributed by atoms with van der Waals surface area (Å²) in [5.41, 5.74) is 3.57. The number of rotatable bonds is 15. The molecule has 1 atom stereocenters. The van der Waals surface area contributed by atoms with E-state index in [1.54, 1.807) is 39.0 Å². The van der Waals surface area contributed by atoms with E-state index in [9.17, 15) is 29.4 Å². The second kappa shape index (κ2) is 19.1. The molecule has 0 bridgehead atoms. The smallest absolute Gasteiger partial charge is 0.410 e. The topological polar surface area (TPSA) is 213 Å². The predicted molar refractivity (Wildman–Crippen MR) is 244 cm³/mol. The molecule has 1 aliphatic heterocycles. The first-order valence-electron chi connectivity index (χ1n) is 21.4. The Balaban J connectivity index is 0.989. The maximum atomic E-state index is 13.2. The number of aryl methyl sites for hydroxylation is 2. The minimum atomic E-state index is -1.14. The lowest BCUT2D eigenvalue weighted by molar-refractivity contribution is 0.0144. The first-order valence-corrected chi connectivity index (χ1v) is 21.4. The number of aromatic nitrogens is 4. The number of aliphatic hydroxyl groups is 1. The van der Waals surface area contributed by atoms with E-state index in [0.717, 1.165) is 46.4 Å². The van der Waals surface area contributed by atoms with Crippen LogP contribution >= 0.6 is 0 Å². The van der Waals surface area contributed by atoms with Gasteiger partial charge in [0.1, 0.15) is 22.7 Å². The van der Waals surface area contributed by atoms with Crippen LogP contribution in [0.3, 0.4) is 0 Å². The van der Waals surface area contributed by atoms with E-state index in [0.29, 0.717) is 55.7 Å². The monoisotopic (exact) mass is 858 g/mol. The van der Waals surface area contributed by atoms with Gasteiger partial charge in [-0.25, -0.2) is 14.5 Å². The second-order valence-corrected chi connectivity index (χ2v) is 16.6. The summed E-state index contributed by atoms with van der Waals surface area (Å²) >= 11 is 0. The van der Waals surface area contributed by atoms with Crippen LogP contribution in [0.4, 0.5) is 27.5 Å². The number of aromatic amines is 1. The van der Waals surface area contributed by atoms with E-state index >= 15 is 0 Å². The number of carbonyl (C=O) groups excluding carboxylic acids is 1. The van der Waals surface area contributed by atoms with E-state index in [-0.39, 0.29) is 48.3 Å². The van der Waals surface area contributed by atoms with Crippen molar-refractivity contribution in [3.63, 3.8) is 0 Å². The third-order valence-electron chi connectivity index (χ3n) is 11.0. The van der Waals surface area contributed by atoms with Gasteiger partial charge in [-0.3, -0.25) is 14.4 Å². The number of hydrogen-bond acceptors (Lipinski definition) is 13. The van der Waals surface area contributed by atoms with Gasteiger partial charge in [-0.05, 0) is 95.3 Å². The van der Waals surface area contributed by atoms with Gasteiger partial charge in [0, 0.05) is 79.3 Å². The molecule has 3 aromatic carbocycles. The summed E-state index contributed by atoms with van der Waals surface area (Å²) in [4.78, 5) is 59.9. The number of ether oxygens (including phenoxy) is 2. The van der Waals surface area contributed by atoms with Crippen molar-refractivity contribution in [2.45, 2.75) is 97.6 Å². The van der Waals surface area contributed by atoms with Crippen molar-refractivity contribution in [1.29, 1.82) is 0 Å². The van der Waals surface area contributed by atoms with Crippen LogP contribution in [0.1, 0.15) is 88.8 Å². The number of nitrogens with zero attached hydrogens (tertiary/aromatic N) is 4. The number of phenolic OH excluding ortho intramolecular Hbond substituents is 1. The molecule has 0 unspecified atom stereocenters. The minimum absolute atomic E-state index is 0.0926. The lowest BCUT2D eigenvalue weighted by Crippen LogP contribution is -2.39. The van der Waals surface area contributed by atoms with Crippen LogP contribution in [0.15, 0.2) is 69.1 Å². The number of carbonyl (C=O) groups is 1. The first-order chi connectivity index (χ1) is 30.2. The van der Waals surface area contributed by atoms with E-state index < -0.39 is 34.2 Å². The molecule has 16 nitrogen and oxygen atoms in total. The highest BCUT2D eigenvalue weighted by Crippen LogP contribution is 2.33. The fourth-order valence-electron chi connectivity index (χ4n) is 7.70.